The largest absolute Gasteiger partial charge is 0.394 e. The fraction of sp³-hybridized carbons (Fsp3) is 0.750. The van der Waals surface area contributed by atoms with Gasteiger partial charge in [-0.1, -0.05) is 20.8 Å². The Morgan fingerprint density at radius 3 is 2.12 bits per heavy atom. The van der Waals surface area contributed by atoms with Crippen molar-refractivity contribution in [2.75, 3.05) is 32.5 Å². The third-order valence-electron chi connectivity index (χ3n) is 9.00. The zero-order chi connectivity index (χ0) is 43.3. The number of hydrogen-bond donors (Lipinski definition) is 9. The van der Waals surface area contributed by atoms with Crippen LogP contribution < -0.4 is 27.0 Å². The monoisotopic (exact) mass is 830 g/mol. The Morgan fingerprint density at radius 2 is 1.58 bits per heavy atom. The average Bonchev–Trinajstić information content (AvgIpc) is 3.79. The number of nitrogens with one attached hydrogen (secondary N) is 5. The number of nitrogens with two attached hydrogens (primary N) is 1. The number of amides is 6. The molecule has 1 aliphatic heterocycles. The van der Waals surface area contributed by atoms with E-state index in [0.717, 1.165) is 0 Å². The van der Waals surface area contributed by atoms with Gasteiger partial charge >= 0.3 is 7.60 Å². The van der Waals surface area contributed by atoms with Crippen LogP contribution in [0.1, 0.15) is 86.8 Å². The maximum absolute atomic E-state index is 13.9. The molecule has 2 heterocycles. The molecule has 0 radical (unpaired) electrons. The van der Waals surface area contributed by atoms with Gasteiger partial charge in [-0.25, -0.2) is 4.98 Å². The van der Waals surface area contributed by atoms with Gasteiger partial charge in [0.1, 0.15) is 30.2 Å². The van der Waals surface area contributed by atoms with Crippen molar-refractivity contribution in [3.63, 3.8) is 0 Å². The third kappa shape index (κ3) is 17.6. The fourth-order valence-corrected chi connectivity index (χ4v) is 7.05. The van der Waals surface area contributed by atoms with E-state index >= 15 is 0 Å². The molecular weight excluding hydrogens is 767 g/mol. The van der Waals surface area contributed by atoms with Gasteiger partial charge in [0.25, 0.3) is 0 Å². The molecule has 0 aromatic carbocycles. The molecular formula is C36H63N8O12P. The third-order valence-corrected chi connectivity index (χ3v) is 10.1. The number of primary amides is 1. The van der Waals surface area contributed by atoms with Crippen LogP contribution in [0.2, 0.25) is 0 Å². The van der Waals surface area contributed by atoms with Gasteiger partial charge in [0, 0.05) is 24.9 Å². The molecule has 10 N–H and O–H groups in total. The Labute approximate surface area is 333 Å². The molecule has 0 bridgehead atoms. The summed E-state index contributed by atoms with van der Waals surface area (Å²) in [5.41, 5.74) is 4.78. The highest BCUT2D eigenvalue weighted by Crippen LogP contribution is 2.37. The number of rotatable bonds is 23. The first-order valence-electron chi connectivity index (χ1n) is 19.0. The summed E-state index contributed by atoms with van der Waals surface area (Å²) in [6.07, 6.45) is 2.98. The van der Waals surface area contributed by atoms with Gasteiger partial charge in [0.05, 0.1) is 49.9 Å². The molecule has 0 spiro atoms. The lowest BCUT2D eigenvalue weighted by Crippen LogP contribution is -2.60. The van der Waals surface area contributed by atoms with Crippen LogP contribution in [-0.2, 0) is 49.2 Å². The molecule has 0 unspecified atom stereocenters. The van der Waals surface area contributed by atoms with E-state index in [1.54, 1.807) is 0 Å². The second-order valence-electron chi connectivity index (χ2n) is 16.5. The van der Waals surface area contributed by atoms with E-state index < -0.39 is 91.6 Å². The molecule has 1 aromatic heterocycles. The van der Waals surface area contributed by atoms with Gasteiger partial charge in [-0.05, 0) is 65.7 Å². The number of hydrogen-bond acceptors (Lipinski definition) is 11. The highest BCUT2D eigenvalue weighted by molar-refractivity contribution is 7.51. The van der Waals surface area contributed by atoms with Gasteiger partial charge in [-0.15, -0.1) is 0 Å². The molecule has 1 aromatic rings. The molecule has 1 fully saturated rings. The van der Waals surface area contributed by atoms with E-state index in [9.17, 15) is 48.2 Å². The van der Waals surface area contributed by atoms with Crippen molar-refractivity contribution in [2.45, 2.75) is 129 Å². The number of carbonyl (C=O) groups excluding carboxylic acids is 6. The molecule has 1 saturated heterocycles. The van der Waals surface area contributed by atoms with Crippen molar-refractivity contribution in [1.82, 2.24) is 36.1 Å². The van der Waals surface area contributed by atoms with Crippen molar-refractivity contribution in [1.29, 1.82) is 0 Å². The molecule has 20 nitrogen and oxygen atoms in total. The smallest absolute Gasteiger partial charge is 0.325 e. The fourth-order valence-electron chi connectivity index (χ4n) is 6.09. The van der Waals surface area contributed by atoms with E-state index in [1.165, 1.54) is 24.3 Å². The Hall–Kier alpha value is -3.94. The molecule has 1 aliphatic rings. The van der Waals surface area contributed by atoms with Crippen molar-refractivity contribution in [3.8, 4) is 0 Å². The quantitative estimate of drug-likeness (QED) is 0.0613. The Kier molecular flexibility index (Phi) is 18.7. The highest BCUT2D eigenvalue weighted by Gasteiger charge is 2.38. The number of likely N-dealkylation sites (tertiary alicyclic amines) is 1. The lowest BCUT2D eigenvalue weighted by molar-refractivity contribution is -0.143. The zero-order valence-corrected chi connectivity index (χ0v) is 35.1. The van der Waals surface area contributed by atoms with Crippen LogP contribution >= 0.6 is 7.60 Å². The number of carbonyl (C=O) groups is 6. The maximum atomic E-state index is 13.9. The summed E-state index contributed by atoms with van der Waals surface area (Å²) in [5, 5.41) is 20.0. The topological polar surface area (TPSA) is 305 Å². The van der Waals surface area contributed by atoms with E-state index in [-0.39, 0.29) is 43.3 Å². The van der Waals surface area contributed by atoms with Crippen LogP contribution in [0.3, 0.4) is 0 Å². The van der Waals surface area contributed by atoms with Crippen LogP contribution in [0, 0.1) is 11.8 Å². The molecule has 6 amide bonds. The van der Waals surface area contributed by atoms with Gasteiger partial charge in [-0.2, -0.15) is 0 Å². The predicted molar refractivity (Wildman–Crippen MR) is 207 cm³/mol. The van der Waals surface area contributed by atoms with Crippen LogP contribution in [0.25, 0.3) is 0 Å². The lowest BCUT2D eigenvalue weighted by atomic mass is 10.0. The molecule has 324 valence electrons. The molecule has 6 atom stereocenters. The average molecular weight is 831 g/mol. The standard InChI is InChI=1S/C36H63N8O12P/c1-21(2)14-24(41-34(51)27-10-9-12-44(27)28(46)11-13-55-36(7,8)19-56-35(4,5)6)31(48)40-25(15-23-16-38-20-39-23)32(49)42-26(17-45)33(50)43-29(30(37)47)22(3)18-57(52,53)54/h16,20-22,24-27,29,45H,9-15,17-19H2,1-8H3,(H2,37,47)(H,38,39)(H,40,48)(H,41,51)(H,42,49)(H,43,50)(H2,52,53,54)/t22-,24-,25-,26-,27-,29-/m0/s1. The zero-order valence-electron chi connectivity index (χ0n) is 34.2. The molecule has 21 heteroatoms. The molecule has 0 saturated carbocycles. The summed E-state index contributed by atoms with van der Waals surface area (Å²) in [7, 11) is -4.60. The minimum atomic E-state index is -4.60. The second kappa shape index (κ2) is 21.7. The first-order valence-corrected chi connectivity index (χ1v) is 20.8. The number of aliphatic hydroxyl groups is 1. The number of aromatic nitrogens is 2. The summed E-state index contributed by atoms with van der Waals surface area (Å²) < 4.78 is 23.3. The Bertz CT molecular complexity index is 1560. The highest BCUT2D eigenvalue weighted by atomic mass is 31.2. The summed E-state index contributed by atoms with van der Waals surface area (Å²) in [4.78, 5) is 107. The van der Waals surface area contributed by atoms with Crippen molar-refractivity contribution in [3.05, 3.63) is 18.2 Å². The summed E-state index contributed by atoms with van der Waals surface area (Å²) >= 11 is 0. The first kappa shape index (κ1) is 49.2. The Balaban J connectivity index is 2.18. The number of aromatic amines is 1. The number of imidazole rings is 1. The second-order valence-corrected chi connectivity index (χ2v) is 18.2. The maximum Gasteiger partial charge on any atom is 0.325 e. The Morgan fingerprint density at radius 1 is 0.965 bits per heavy atom. The number of aliphatic hydroxyl groups excluding tert-OH is 1. The van der Waals surface area contributed by atoms with Gasteiger partial charge in [-0.3, -0.25) is 33.3 Å². The van der Waals surface area contributed by atoms with E-state index in [2.05, 4.69) is 31.2 Å². The van der Waals surface area contributed by atoms with Crippen LogP contribution in [0.4, 0.5) is 0 Å². The van der Waals surface area contributed by atoms with Crippen LogP contribution in [0.15, 0.2) is 12.5 Å². The lowest BCUT2D eigenvalue weighted by Gasteiger charge is -2.30. The van der Waals surface area contributed by atoms with Crippen LogP contribution in [0.5, 0.6) is 0 Å². The molecule has 2 rings (SSSR count). The van der Waals surface area contributed by atoms with Gasteiger partial charge < -0.3 is 61.3 Å². The summed E-state index contributed by atoms with van der Waals surface area (Å²) in [5.74, 6) is -5.86. The first-order chi connectivity index (χ1) is 26.3. The van der Waals surface area contributed by atoms with Crippen molar-refractivity contribution >= 4 is 43.0 Å². The van der Waals surface area contributed by atoms with E-state index in [1.807, 2.05) is 48.5 Å². The van der Waals surface area contributed by atoms with Gasteiger partial charge in [0.2, 0.25) is 35.4 Å². The number of nitrogens with zero attached hydrogens (tertiary/aromatic N) is 2. The van der Waals surface area contributed by atoms with Crippen LogP contribution in [-0.4, -0.2) is 139 Å². The molecule has 57 heavy (non-hydrogen) atoms. The van der Waals surface area contributed by atoms with Crippen molar-refractivity contribution < 1.29 is 57.7 Å². The minimum Gasteiger partial charge on any atom is -0.394 e. The summed E-state index contributed by atoms with van der Waals surface area (Å²) in [6.45, 7) is 14.3. The van der Waals surface area contributed by atoms with E-state index in [0.29, 0.717) is 31.7 Å². The number of ether oxygens (including phenoxy) is 2. The number of H-pyrrole nitrogens is 1. The van der Waals surface area contributed by atoms with Gasteiger partial charge in [0.15, 0.2) is 0 Å². The summed E-state index contributed by atoms with van der Waals surface area (Å²) in [6, 6.07) is -6.58. The SMILES string of the molecule is CC(C)C[C@H](NC(=O)[C@@H]1CCCN1C(=O)CCOC(C)(C)COC(C)(C)C)C(=O)N[C@@H](Cc1cnc[nH]1)C(=O)N[C@@H](CO)C(=O)N[C@H](C(N)=O)[C@@H](C)CP(=O)(O)O. The van der Waals surface area contributed by atoms with Crippen molar-refractivity contribution in [2.24, 2.45) is 17.6 Å². The normalized spacial score (nSPS) is 17.6. The minimum absolute atomic E-state index is 0.0332. The molecule has 0 aliphatic carbocycles. The van der Waals surface area contributed by atoms with E-state index in [4.69, 9.17) is 15.2 Å². The predicted octanol–water partition coefficient (Wildman–Crippen LogP) is -0.780.